The van der Waals surface area contributed by atoms with Crippen molar-refractivity contribution in [1.29, 1.82) is 0 Å². The molecule has 0 unspecified atom stereocenters. The van der Waals surface area contributed by atoms with Gasteiger partial charge in [-0.15, -0.1) is 0 Å². The summed E-state index contributed by atoms with van der Waals surface area (Å²) in [6.45, 7) is 0.647. The lowest BCUT2D eigenvalue weighted by Gasteiger charge is -2.34. The number of aromatic nitrogens is 2. The van der Waals surface area contributed by atoms with Crippen LogP contribution in [0.3, 0.4) is 0 Å². The second-order valence-corrected chi connectivity index (χ2v) is 5.62. The molecule has 0 radical (unpaired) electrons. The van der Waals surface area contributed by atoms with Gasteiger partial charge in [0.15, 0.2) is 0 Å². The third kappa shape index (κ3) is 4.04. The van der Waals surface area contributed by atoms with Gasteiger partial charge in [-0.2, -0.15) is 0 Å². The summed E-state index contributed by atoms with van der Waals surface area (Å²) in [7, 11) is 1.56. The number of carbonyl (C=O) groups excluding carboxylic acids is 1. The molecule has 0 aliphatic heterocycles. The molecule has 1 heterocycles. The van der Waals surface area contributed by atoms with E-state index in [-0.39, 0.29) is 12.1 Å². The fourth-order valence-electron chi connectivity index (χ4n) is 2.51. The van der Waals surface area contributed by atoms with Gasteiger partial charge >= 0.3 is 6.03 Å². The topological polar surface area (TPSA) is 76.1 Å². The molecule has 1 saturated carbocycles. The van der Waals surface area contributed by atoms with Crippen LogP contribution >= 0.6 is 0 Å². The van der Waals surface area contributed by atoms with Gasteiger partial charge in [-0.1, -0.05) is 30.3 Å². The number of urea groups is 1. The SMILES string of the molecule is CNC(=O)Nc1cnc([C@H]2C[C@H](OCc3ccccc3)C2)nc1. The van der Waals surface area contributed by atoms with Gasteiger partial charge in [0.05, 0.1) is 30.8 Å². The van der Waals surface area contributed by atoms with Gasteiger partial charge in [0.25, 0.3) is 0 Å². The Bertz CT molecular complexity index is 639. The third-order valence-corrected chi connectivity index (χ3v) is 3.95. The fraction of sp³-hybridized carbons (Fsp3) is 0.353. The number of nitrogens with zero attached hydrogens (tertiary/aromatic N) is 2. The zero-order valence-corrected chi connectivity index (χ0v) is 13.0. The van der Waals surface area contributed by atoms with Gasteiger partial charge < -0.3 is 15.4 Å². The average Bonchev–Trinajstić information content (AvgIpc) is 2.55. The lowest BCUT2D eigenvalue weighted by molar-refractivity contribution is -0.0223. The number of nitrogens with one attached hydrogen (secondary N) is 2. The largest absolute Gasteiger partial charge is 0.373 e. The maximum atomic E-state index is 11.2. The van der Waals surface area contributed by atoms with Crippen LogP contribution in [-0.2, 0) is 11.3 Å². The van der Waals surface area contributed by atoms with Crippen LogP contribution in [0, 0.1) is 0 Å². The average molecular weight is 312 g/mol. The Hall–Kier alpha value is -2.47. The quantitative estimate of drug-likeness (QED) is 0.890. The van der Waals surface area contributed by atoms with Crippen molar-refractivity contribution in [3.63, 3.8) is 0 Å². The van der Waals surface area contributed by atoms with Crippen LogP contribution in [0.5, 0.6) is 0 Å². The minimum atomic E-state index is -0.278. The van der Waals surface area contributed by atoms with E-state index >= 15 is 0 Å². The Morgan fingerprint density at radius 3 is 2.57 bits per heavy atom. The Morgan fingerprint density at radius 2 is 1.91 bits per heavy atom. The zero-order valence-electron chi connectivity index (χ0n) is 13.0. The molecule has 2 amide bonds. The first kappa shape index (κ1) is 15.4. The molecule has 1 aromatic heterocycles. The first-order valence-electron chi connectivity index (χ1n) is 7.71. The fourth-order valence-corrected chi connectivity index (χ4v) is 2.51. The van der Waals surface area contributed by atoms with Gasteiger partial charge in [0.1, 0.15) is 5.82 Å². The van der Waals surface area contributed by atoms with Crippen LogP contribution in [0.2, 0.25) is 0 Å². The van der Waals surface area contributed by atoms with Crippen molar-refractivity contribution in [1.82, 2.24) is 15.3 Å². The molecule has 2 aromatic rings. The molecule has 0 spiro atoms. The molecule has 0 bridgehead atoms. The number of ether oxygens (including phenoxy) is 1. The highest BCUT2D eigenvalue weighted by Gasteiger charge is 2.33. The van der Waals surface area contributed by atoms with Crippen molar-refractivity contribution in [2.75, 3.05) is 12.4 Å². The molecule has 3 rings (SSSR count). The van der Waals surface area contributed by atoms with Crippen molar-refractivity contribution in [2.45, 2.75) is 31.5 Å². The van der Waals surface area contributed by atoms with Crippen LogP contribution in [0.15, 0.2) is 42.7 Å². The summed E-state index contributed by atoms with van der Waals surface area (Å²) in [5.41, 5.74) is 1.78. The Morgan fingerprint density at radius 1 is 1.22 bits per heavy atom. The number of amides is 2. The van der Waals surface area contributed by atoms with Gasteiger partial charge in [-0.05, 0) is 18.4 Å². The molecule has 1 aliphatic rings. The number of anilines is 1. The summed E-state index contributed by atoms with van der Waals surface area (Å²) in [6, 6.07) is 9.90. The highest BCUT2D eigenvalue weighted by molar-refractivity contribution is 5.88. The molecule has 1 aromatic carbocycles. The predicted octanol–water partition coefficient (Wildman–Crippen LogP) is 2.69. The van der Waals surface area contributed by atoms with E-state index in [9.17, 15) is 4.79 Å². The molecule has 0 atom stereocenters. The molecular weight excluding hydrogens is 292 g/mol. The smallest absolute Gasteiger partial charge is 0.319 e. The van der Waals surface area contributed by atoms with E-state index in [0.717, 1.165) is 18.7 Å². The Balaban J connectivity index is 1.45. The first-order valence-corrected chi connectivity index (χ1v) is 7.71. The standard InChI is InChI=1S/C17H20N4O2/c1-18-17(22)21-14-9-19-16(20-10-14)13-7-15(8-13)23-11-12-5-3-2-4-6-12/h2-6,9-10,13,15H,7-8,11H2,1H3,(H2,18,21,22)/t13-,15-. The molecule has 120 valence electrons. The van der Waals surface area contributed by atoms with Gasteiger partial charge in [0.2, 0.25) is 0 Å². The van der Waals surface area contributed by atoms with E-state index < -0.39 is 0 Å². The molecular formula is C17H20N4O2. The van der Waals surface area contributed by atoms with Crippen molar-refractivity contribution in [2.24, 2.45) is 0 Å². The number of rotatable bonds is 5. The predicted molar refractivity (Wildman–Crippen MR) is 87.1 cm³/mol. The minimum Gasteiger partial charge on any atom is -0.373 e. The van der Waals surface area contributed by atoms with Gasteiger partial charge in [-0.3, -0.25) is 0 Å². The molecule has 6 heteroatoms. The molecule has 1 aliphatic carbocycles. The van der Waals surface area contributed by atoms with Gasteiger partial charge in [0, 0.05) is 13.0 Å². The lowest BCUT2D eigenvalue weighted by atomic mass is 9.81. The summed E-state index contributed by atoms with van der Waals surface area (Å²) in [6.07, 6.45) is 5.42. The Labute approximate surface area is 135 Å². The zero-order chi connectivity index (χ0) is 16.1. The summed E-state index contributed by atoms with van der Waals surface area (Å²) < 4.78 is 5.89. The lowest BCUT2D eigenvalue weighted by Crippen LogP contribution is -2.31. The van der Waals surface area contributed by atoms with E-state index in [1.54, 1.807) is 19.4 Å². The van der Waals surface area contributed by atoms with Gasteiger partial charge in [-0.25, -0.2) is 14.8 Å². The highest BCUT2D eigenvalue weighted by Crippen LogP contribution is 2.37. The molecule has 1 fully saturated rings. The normalized spacial score (nSPS) is 19.7. The molecule has 6 nitrogen and oxygen atoms in total. The van der Waals surface area contributed by atoms with Crippen molar-refractivity contribution in [3.8, 4) is 0 Å². The first-order chi connectivity index (χ1) is 11.2. The number of hydrogen-bond donors (Lipinski definition) is 2. The highest BCUT2D eigenvalue weighted by atomic mass is 16.5. The number of carbonyl (C=O) groups is 1. The summed E-state index contributed by atoms with van der Waals surface area (Å²) in [5, 5.41) is 5.13. The van der Waals surface area contributed by atoms with Crippen molar-refractivity contribution in [3.05, 3.63) is 54.1 Å². The van der Waals surface area contributed by atoms with E-state index in [1.165, 1.54) is 5.56 Å². The summed E-state index contributed by atoms with van der Waals surface area (Å²) >= 11 is 0. The third-order valence-electron chi connectivity index (χ3n) is 3.95. The van der Waals surface area contributed by atoms with Crippen LogP contribution in [-0.4, -0.2) is 29.2 Å². The van der Waals surface area contributed by atoms with E-state index in [2.05, 4.69) is 32.7 Å². The summed E-state index contributed by atoms with van der Waals surface area (Å²) in [5.74, 6) is 1.15. The van der Waals surface area contributed by atoms with Crippen LogP contribution in [0.1, 0.15) is 30.1 Å². The minimum absolute atomic E-state index is 0.271. The molecule has 0 saturated heterocycles. The second-order valence-electron chi connectivity index (χ2n) is 5.62. The van der Waals surface area contributed by atoms with E-state index in [0.29, 0.717) is 18.2 Å². The molecule has 2 N–H and O–H groups in total. The monoisotopic (exact) mass is 312 g/mol. The van der Waals surface area contributed by atoms with Crippen molar-refractivity contribution < 1.29 is 9.53 Å². The molecule has 23 heavy (non-hydrogen) atoms. The van der Waals surface area contributed by atoms with E-state index in [1.807, 2.05) is 18.2 Å². The van der Waals surface area contributed by atoms with Crippen LogP contribution in [0.4, 0.5) is 10.5 Å². The maximum absolute atomic E-state index is 11.2. The van der Waals surface area contributed by atoms with E-state index in [4.69, 9.17) is 4.74 Å². The van der Waals surface area contributed by atoms with Crippen LogP contribution in [0.25, 0.3) is 0 Å². The maximum Gasteiger partial charge on any atom is 0.319 e. The second kappa shape index (κ2) is 7.19. The number of hydrogen-bond acceptors (Lipinski definition) is 4. The summed E-state index contributed by atoms with van der Waals surface area (Å²) in [4.78, 5) is 19.9. The van der Waals surface area contributed by atoms with Crippen LogP contribution < -0.4 is 10.6 Å². The van der Waals surface area contributed by atoms with Crippen molar-refractivity contribution >= 4 is 11.7 Å². The number of benzene rings is 1. The Kier molecular flexibility index (Phi) is 4.83.